The lowest BCUT2D eigenvalue weighted by Gasteiger charge is -2.40. The van der Waals surface area contributed by atoms with Gasteiger partial charge in [0.05, 0.1) is 11.4 Å². The monoisotopic (exact) mass is 420 g/mol. The lowest BCUT2D eigenvalue weighted by atomic mass is 10.0. The Bertz CT molecular complexity index is 648. The highest BCUT2D eigenvalue weighted by Crippen LogP contribution is 2.30. The Morgan fingerprint density at radius 3 is 2.37 bits per heavy atom. The summed E-state index contributed by atoms with van der Waals surface area (Å²) in [6, 6.07) is 5.18. The summed E-state index contributed by atoms with van der Waals surface area (Å²) in [5.41, 5.74) is -0.990. The smallest absolute Gasteiger partial charge is 0.224 e. The number of aromatic nitrogens is 1. The first-order chi connectivity index (χ1) is 14.4. The summed E-state index contributed by atoms with van der Waals surface area (Å²) in [6.45, 7) is 4.55. The number of hydrogen-bond acceptors (Lipinski definition) is 5. The molecule has 6 nitrogen and oxygen atoms in total. The van der Waals surface area contributed by atoms with Crippen molar-refractivity contribution >= 4 is 12.0 Å². The molecule has 0 spiro atoms. The van der Waals surface area contributed by atoms with Crippen molar-refractivity contribution in [2.45, 2.75) is 96.9 Å². The van der Waals surface area contributed by atoms with Crippen molar-refractivity contribution < 1.29 is 20.1 Å². The van der Waals surface area contributed by atoms with Gasteiger partial charge in [0.25, 0.3) is 0 Å². The first-order valence-corrected chi connectivity index (χ1v) is 11.3. The van der Waals surface area contributed by atoms with E-state index < -0.39 is 17.9 Å². The van der Waals surface area contributed by atoms with E-state index in [0.29, 0.717) is 5.69 Å². The summed E-state index contributed by atoms with van der Waals surface area (Å²) >= 11 is 0. The van der Waals surface area contributed by atoms with Crippen LogP contribution >= 0.6 is 0 Å². The normalized spacial score (nSPS) is 14.6. The van der Waals surface area contributed by atoms with Crippen LogP contribution in [0.5, 0.6) is 0 Å². The van der Waals surface area contributed by atoms with Crippen LogP contribution in [0, 0.1) is 0 Å². The minimum atomic E-state index is -1.88. The van der Waals surface area contributed by atoms with Crippen LogP contribution in [0.4, 0.5) is 0 Å². The van der Waals surface area contributed by atoms with Gasteiger partial charge in [0, 0.05) is 20.0 Å². The lowest BCUT2D eigenvalue weighted by Crippen LogP contribution is -2.54. The van der Waals surface area contributed by atoms with Crippen molar-refractivity contribution in [3.8, 4) is 0 Å². The third kappa shape index (κ3) is 8.54. The van der Waals surface area contributed by atoms with Crippen molar-refractivity contribution in [3.05, 3.63) is 35.7 Å². The zero-order valence-corrected chi connectivity index (χ0v) is 18.9. The van der Waals surface area contributed by atoms with E-state index in [1.807, 2.05) is 12.1 Å². The van der Waals surface area contributed by atoms with Crippen LogP contribution < -0.4 is 0 Å². The van der Waals surface area contributed by atoms with Gasteiger partial charge in [-0.2, -0.15) is 0 Å². The van der Waals surface area contributed by atoms with E-state index >= 15 is 0 Å². The molecule has 0 aromatic carbocycles. The molecule has 0 aliphatic carbocycles. The van der Waals surface area contributed by atoms with E-state index in [2.05, 4.69) is 18.0 Å². The maximum absolute atomic E-state index is 12.0. The Balaban J connectivity index is 2.69. The predicted octanol–water partition coefficient (Wildman–Crippen LogP) is 4.34. The van der Waals surface area contributed by atoms with Crippen LogP contribution in [0.2, 0.25) is 0 Å². The summed E-state index contributed by atoms with van der Waals surface area (Å²) in [5, 5.41) is 30.6. The van der Waals surface area contributed by atoms with Gasteiger partial charge < -0.3 is 15.3 Å². The molecule has 0 saturated heterocycles. The number of unbranched alkanes of at least 4 members (excludes halogenated alkanes) is 8. The van der Waals surface area contributed by atoms with Crippen molar-refractivity contribution in [2.75, 3.05) is 6.61 Å². The van der Waals surface area contributed by atoms with Gasteiger partial charge in [-0.25, -0.2) is 4.98 Å². The van der Waals surface area contributed by atoms with E-state index in [1.165, 1.54) is 58.8 Å². The van der Waals surface area contributed by atoms with E-state index in [0.717, 1.165) is 17.7 Å². The molecular weight excluding hydrogens is 380 g/mol. The van der Waals surface area contributed by atoms with Gasteiger partial charge in [0.2, 0.25) is 5.91 Å². The standard InChI is InChI=1S/C24H40N2O4/c1-4-5-6-7-8-9-10-11-12-13-15-22-16-14-17-23(25-22)24(30,18-19-27)26(20(2)28)21(3)29/h13-17,20,27-28,30H,4-12,18-19H2,1-3H3/b15-13-. The number of hydrogen-bond donors (Lipinski definition) is 3. The number of aliphatic hydroxyl groups is 3. The van der Waals surface area contributed by atoms with Crippen LogP contribution in [-0.2, 0) is 10.5 Å². The summed E-state index contributed by atoms with van der Waals surface area (Å²) in [5.74, 6) is -0.501. The number of allylic oxidation sites excluding steroid dienone is 1. The molecule has 0 bridgehead atoms. The van der Waals surface area contributed by atoms with Gasteiger partial charge in [0.15, 0.2) is 5.72 Å². The third-order valence-electron chi connectivity index (χ3n) is 5.27. The molecule has 6 heteroatoms. The molecule has 0 saturated carbocycles. The average Bonchev–Trinajstić information content (AvgIpc) is 2.69. The van der Waals surface area contributed by atoms with E-state index in [4.69, 9.17) is 0 Å². The number of nitrogens with zero attached hydrogens (tertiary/aromatic N) is 2. The topological polar surface area (TPSA) is 93.9 Å². The predicted molar refractivity (Wildman–Crippen MR) is 120 cm³/mol. The third-order valence-corrected chi connectivity index (χ3v) is 5.27. The Hall–Kier alpha value is -1.76. The SMILES string of the molecule is CCCCCCCCCC/C=C\c1cccc(C(O)(CCO)N(C(C)=O)C(C)O)n1. The lowest BCUT2D eigenvalue weighted by molar-refractivity contribution is -0.196. The Kier molecular flexibility index (Phi) is 12.5. The van der Waals surface area contributed by atoms with Gasteiger partial charge in [-0.15, -0.1) is 0 Å². The largest absolute Gasteiger partial charge is 0.396 e. The van der Waals surface area contributed by atoms with E-state index in [-0.39, 0.29) is 18.7 Å². The Labute approximate surface area is 181 Å². The number of carbonyl (C=O) groups excluding carboxylic acids is 1. The Morgan fingerprint density at radius 2 is 1.80 bits per heavy atom. The molecule has 0 aliphatic heterocycles. The molecule has 1 rings (SSSR count). The maximum atomic E-state index is 12.0. The van der Waals surface area contributed by atoms with Crippen LogP contribution in [-0.4, -0.2) is 43.9 Å². The minimum absolute atomic E-state index is 0.143. The molecule has 30 heavy (non-hydrogen) atoms. The molecule has 0 aliphatic rings. The van der Waals surface area contributed by atoms with Crippen molar-refractivity contribution in [1.29, 1.82) is 0 Å². The molecule has 1 aromatic heterocycles. The minimum Gasteiger partial charge on any atom is -0.396 e. The first-order valence-electron chi connectivity index (χ1n) is 11.3. The maximum Gasteiger partial charge on any atom is 0.224 e. The molecule has 1 aromatic rings. The molecule has 0 radical (unpaired) electrons. The average molecular weight is 421 g/mol. The number of carbonyl (C=O) groups is 1. The number of amides is 1. The molecule has 3 N–H and O–H groups in total. The second-order valence-corrected chi connectivity index (χ2v) is 7.92. The van der Waals surface area contributed by atoms with Gasteiger partial charge in [-0.05, 0) is 38.0 Å². The van der Waals surface area contributed by atoms with Crippen LogP contribution in [0.1, 0.15) is 96.4 Å². The quantitative estimate of drug-likeness (QED) is 0.290. The molecule has 2 atom stereocenters. The van der Waals surface area contributed by atoms with Crippen molar-refractivity contribution in [2.24, 2.45) is 0 Å². The molecule has 1 amide bonds. The summed E-state index contributed by atoms with van der Waals surface area (Å²) < 4.78 is 0. The van der Waals surface area contributed by atoms with Gasteiger partial charge >= 0.3 is 0 Å². The summed E-state index contributed by atoms with van der Waals surface area (Å²) in [4.78, 5) is 17.4. The molecular formula is C24H40N2O4. The molecule has 2 unspecified atom stereocenters. The molecule has 0 fully saturated rings. The van der Waals surface area contributed by atoms with E-state index in [9.17, 15) is 20.1 Å². The fraction of sp³-hybridized carbons (Fsp3) is 0.667. The van der Waals surface area contributed by atoms with Crippen molar-refractivity contribution in [1.82, 2.24) is 9.88 Å². The van der Waals surface area contributed by atoms with Crippen LogP contribution in [0.3, 0.4) is 0 Å². The number of aliphatic hydroxyl groups excluding tert-OH is 2. The summed E-state index contributed by atoms with van der Waals surface area (Å²) in [7, 11) is 0. The number of pyridine rings is 1. The zero-order chi connectivity index (χ0) is 22.4. The summed E-state index contributed by atoms with van der Waals surface area (Å²) in [6.07, 6.45) is 13.8. The number of rotatable bonds is 15. The Morgan fingerprint density at radius 1 is 1.17 bits per heavy atom. The fourth-order valence-electron chi connectivity index (χ4n) is 3.73. The highest BCUT2D eigenvalue weighted by Gasteiger charge is 2.41. The second-order valence-electron chi connectivity index (χ2n) is 7.92. The molecule has 170 valence electrons. The van der Waals surface area contributed by atoms with Crippen molar-refractivity contribution in [3.63, 3.8) is 0 Å². The zero-order valence-electron chi connectivity index (χ0n) is 18.9. The highest BCUT2D eigenvalue weighted by atomic mass is 16.3. The molecule has 1 heterocycles. The van der Waals surface area contributed by atoms with Crippen LogP contribution in [0.25, 0.3) is 6.08 Å². The van der Waals surface area contributed by atoms with Gasteiger partial charge in [-0.1, -0.05) is 64.0 Å². The van der Waals surface area contributed by atoms with E-state index in [1.54, 1.807) is 12.1 Å². The van der Waals surface area contributed by atoms with Crippen LogP contribution in [0.15, 0.2) is 24.3 Å². The fourth-order valence-corrected chi connectivity index (χ4v) is 3.73. The first kappa shape index (κ1) is 26.3. The highest BCUT2D eigenvalue weighted by molar-refractivity contribution is 5.74. The van der Waals surface area contributed by atoms with Gasteiger partial charge in [0.1, 0.15) is 6.23 Å². The van der Waals surface area contributed by atoms with Gasteiger partial charge in [-0.3, -0.25) is 9.69 Å². The second kappa shape index (κ2) is 14.3.